The molecular formula is C40H33FN4O. The normalized spacial score (nSPS) is 12.8. The van der Waals surface area contributed by atoms with Gasteiger partial charge < -0.3 is 14.5 Å². The van der Waals surface area contributed by atoms with E-state index in [0.29, 0.717) is 12.6 Å². The highest BCUT2D eigenvalue weighted by molar-refractivity contribution is 6.09. The van der Waals surface area contributed by atoms with E-state index in [9.17, 15) is 4.39 Å². The Labute approximate surface area is 267 Å². The van der Waals surface area contributed by atoms with Gasteiger partial charge in [0.1, 0.15) is 29.8 Å². The molecule has 226 valence electrons. The summed E-state index contributed by atoms with van der Waals surface area (Å²) in [5.74, 6) is 2.56. The van der Waals surface area contributed by atoms with Crippen molar-refractivity contribution in [3.8, 4) is 17.3 Å². The van der Waals surface area contributed by atoms with Crippen LogP contribution in [0, 0.1) is 12.7 Å². The van der Waals surface area contributed by atoms with Crippen molar-refractivity contribution in [2.45, 2.75) is 26.7 Å². The van der Waals surface area contributed by atoms with E-state index in [2.05, 4.69) is 114 Å². The number of pyridine rings is 1. The van der Waals surface area contributed by atoms with Gasteiger partial charge in [-0.25, -0.2) is 9.37 Å². The second-order valence-electron chi connectivity index (χ2n) is 12.2. The predicted octanol–water partition coefficient (Wildman–Crippen LogP) is 10.8. The summed E-state index contributed by atoms with van der Waals surface area (Å²) >= 11 is 0. The second-order valence-corrected chi connectivity index (χ2v) is 12.2. The van der Waals surface area contributed by atoms with Crippen LogP contribution in [0.15, 0.2) is 128 Å². The van der Waals surface area contributed by atoms with Crippen LogP contribution in [0.4, 0.5) is 27.1 Å². The maximum Gasteiger partial charge on any atom is 0.137 e. The molecule has 0 bridgehead atoms. The molecule has 1 aliphatic rings. The van der Waals surface area contributed by atoms with E-state index >= 15 is 0 Å². The molecule has 6 heteroatoms. The smallest absolute Gasteiger partial charge is 0.137 e. The van der Waals surface area contributed by atoms with Gasteiger partial charge in [-0.2, -0.15) is 0 Å². The number of hydrogen-bond donors (Lipinski definition) is 0. The number of nitrogens with zero attached hydrogens (tertiary/aromatic N) is 4. The minimum atomic E-state index is -0.243. The highest BCUT2D eigenvalue weighted by atomic mass is 19.1. The molecule has 8 rings (SSSR count). The lowest BCUT2D eigenvalue weighted by molar-refractivity contribution is 0.483. The molecule has 0 amide bonds. The highest BCUT2D eigenvalue weighted by Gasteiger charge is 2.28. The molecule has 5 aromatic carbocycles. The van der Waals surface area contributed by atoms with Crippen molar-refractivity contribution in [2.24, 2.45) is 0 Å². The van der Waals surface area contributed by atoms with Crippen molar-refractivity contribution in [3.05, 3.63) is 144 Å². The first-order valence-corrected chi connectivity index (χ1v) is 15.6. The molecule has 0 saturated heterocycles. The zero-order chi connectivity index (χ0) is 31.4. The van der Waals surface area contributed by atoms with Crippen molar-refractivity contribution in [1.29, 1.82) is 0 Å². The van der Waals surface area contributed by atoms with Crippen molar-refractivity contribution < 1.29 is 9.13 Å². The molecule has 1 aliphatic heterocycles. The number of aromatic nitrogens is 2. The van der Waals surface area contributed by atoms with Crippen LogP contribution in [0.2, 0.25) is 0 Å². The van der Waals surface area contributed by atoms with Gasteiger partial charge >= 0.3 is 0 Å². The van der Waals surface area contributed by atoms with Gasteiger partial charge in [-0.05, 0) is 103 Å². The first kappa shape index (κ1) is 27.9. The average molecular weight is 605 g/mol. The average Bonchev–Trinajstić information content (AvgIpc) is 3.61. The zero-order valence-corrected chi connectivity index (χ0v) is 26.0. The van der Waals surface area contributed by atoms with Crippen LogP contribution in [0.1, 0.15) is 30.9 Å². The number of anilines is 4. The Morgan fingerprint density at radius 3 is 2.17 bits per heavy atom. The molecular weight excluding hydrogens is 571 g/mol. The lowest BCUT2D eigenvalue weighted by Crippen LogP contribution is -2.24. The number of para-hydroxylation sites is 3. The molecule has 0 saturated carbocycles. The molecule has 0 radical (unpaired) electrons. The van der Waals surface area contributed by atoms with E-state index in [-0.39, 0.29) is 5.82 Å². The summed E-state index contributed by atoms with van der Waals surface area (Å²) < 4.78 is 22.6. The molecule has 0 aliphatic carbocycles. The molecule has 0 spiro atoms. The summed E-state index contributed by atoms with van der Waals surface area (Å²) in [5, 5.41) is 2.33. The summed E-state index contributed by atoms with van der Waals surface area (Å²) in [6.07, 6.45) is 1.90. The van der Waals surface area contributed by atoms with Crippen LogP contribution >= 0.6 is 0 Å². The maximum absolute atomic E-state index is 13.7. The van der Waals surface area contributed by atoms with Gasteiger partial charge in [0, 0.05) is 40.5 Å². The van der Waals surface area contributed by atoms with Gasteiger partial charge in [-0.1, -0.05) is 44.2 Å². The quantitative estimate of drug-likeness (QED) is 0.189. The summed E-state index contributed by atoms with van der Waals surface area (Å²) in [6, 6.07) is 40.3. The summed E-state index contributed by atoms with van der Waals surface area (Å²) in [7, 11) is 0. The van der Waals surface area contributed by atoms with Crippen LogP contribution in [0.3, 0.4) is 0 Å². The molecule has 5 nitrogen and oxygen atoms in total. The van der Waals surface area contributed by atoms with Crippen molar-refractivity contribution >= 4 is 44.6 Å². The molecule has 0 atom stereocenters. The highest BCUT2D eigenvalue weighted by Crippen LogP contribution is 2.45. The van der Waals surface area contributed by atoms with E-state index in [0.717, 1.165) is 62.0 Å². The number of benzene rings is 5. The van der Waals surface area contributed by atoms with Gasteiger partial charge in [0.05, 0.1) is 22.4 Å². The maximum atomic E-state index is 13.7. The third-order valence-electron chi connectivity index (χ3n) is 8.78. The van der Waals surface area contributed by atoms with Crippen LogP contribution in [-0.2, 0) is 0 Å². The molecule has 7 aromatic rings. The Bertz CT molecular complexity index is 2240. The largest absolute Gasteiger partial charge is 0.457 e. The lowest BCUT2D eigenvalue weighted by Gasteiger charge is -2.23. The first-order valence-electron chi connectivity index (χ1n) is 15.6. The van der Waals surface area contributed by atoms with E-state index in [1.165, 1.54) is 23.1 Å². The topological polar surface area (TPSA) is 33.5 Å². The standard InChI is InChI=1S/C40H33FN4O/c1-26(2)28-18-19-42-40(22-28)45-36-9-5-4-8-34(36)35-17-16-32(24-39(35)45)46-33-21-27(3)20-31(23-33)44-25-43(30-14-12-29(41)13-15-30)37-10-6-7-11-38(37)44/h4-24,26H,25H2,1-3H3. The third kappa shape index (κ3) is 4.83. The van der Waals surface area contributed by atoms with Gasteiger partial charge in [-0.3, -0.25) is 4.57 Å². The number of fused-ring (bicyclic) bond motifs is 4. The summed E-state index contributed by atoms with van der Waals surface area (Å²) in [6.45, 7) is 7.09. The van der Waals surface area contributed by atoms with Crippen LogP contribution in [0.5, 0.6) is 11.5 Å². The van der Waals surface area contributed by atoms with E-state index < -0.39 is 0 Å². The van der Waals surface area contributed by atoms with Crippen LogP contribution < -0.4 is 14.5 Å². The van der Waals surface area contributed by atoms with Crippen LogP contribution in [0.25, 0.3) is 27.6 Å². The molecule has 0 N–H and O–H groups in total. The van der Waals surface area contributed by atoms with Crippen molar-refractivity contribution in [3.63, 3.8) is 0 Å². The van der Waals surface area contributed by atoms with E-state index in [4.69, 9.17) is 9.72 Å². The first-order chi connectivity index (χ1) is 22.4. The molecule has 2 aromatic heterocycles. The molecule has 46 heavy (non-hydrogen) atoms. The predicted molar refractivity (Wildman–Crippen MR) is 186 cm³/mol. The van der Waals surface area contributed by atoms with Gasteiger partial charge in [0.2, 0.25) is 0 Å². The Morgan fingerprint density at radius 1 is 0.674 bits per heavy atom. The van der Waals surface area contributed by atoms with Gasteiger partial charge in [0.15, 0.2) is 0 Å². The molecule has 0 fully saturated rings. The fourth-order valence-electron chi connectivity index (χ4n) is 6.53. The number of rotatable bonds is 6. The second kappa shape index (κ2) is 11.1. The molecule has 0 unspecified atom stereocenters. The zero-order valence-electron chi connectivity index (χ0n) is 26.0. The summed E-state index contributed by atoms with van der Waals surface area (Å²) in [4.78, 5) is 9.26. The number of aryl methyl sites for hydroxylation is 1. The van der Waals surface area contributed by atoms with Crippen molar-refractivity contribution in [1.82, 2.24) is 9.55 Å². The Morgan fingerprint density at radius 2 is 1.39 bits per heavy atom. The Kier molecular flexibility index (Phi) is 6.71. The van der Waals surface area contributed by atoms with E-state index in [1.807, 2.05) is 36.5 Å². The number of halogens is 1. The minimum absolute atomic E-state index is 0.243. The number of hydrogen-bond acceptors (Lipinski definition) is 4. The molecule has 3 heterocycles. The van der Waals surface area contributed by atoms with Gasteiger partial charge in [0.25, 0.3) is 0 Å². The monoisotopic (exact) mass is 604 g/mol. The Balaban J connectivity index is 1.18. The SMILES string of the molecule is Cc1cc(Oc2ccc3c4ccccc4n(-c4cc(C(C)C)ccn4)c3c2)cc(N2CN(c3ccc(F)cc3)c3ccccc32)c1. The van der Waals surface area contributed by atoms with Crippen molar-refractivity contribution in [2.75, 3.05) is 16.5 Å². The van der Waals surface area contributed by atoms with Gasteiger partial charge in [-0.15, -0.1) is 0 Å². The fourth-order valence-corrected chi connectivity index (χ4v) is 6.53. The lowest BCUT2D eigenvalue weighted by atomic mass is 10.1. The Hall–Kier alpha value is -5.62. The summed E-state index contributed by atoms with van der Waals surface area (Å²) in [5.41, 5.74) is 8.63. The third-order valence-corrected chi connectivity index (χ3v) is 8.78. The minimum Gasteiger partial charge on any atom is -0.457 e. The fraction of sp³-hybridized carbons (Fsp3) is 0.125. The van der Waals surface area contributed by atoms with E-state index in [1.54, 1.807) is 0 Å². The van der Waals surface area contributed by atoms with Crippen LogP contribution in [-0.4, -0.2) is 16.2 Å². The number of ether oxygens (including phenoxy) is 1.